The van der Waals surface area contributed by atoms with Gasteiger partial charge in [-0.05, 0) is 24.2 Å². The Morgan fingerprint density at radius 2 is 1.70 bits per heavy atom. The van der Waals surface area contributed by atoms with E-state index in [0.29, 0.717) is 5.56 Å². The smallest absolute Gasteiger partial charge is 0.315 e. The van der Waals surface area contributed by atoms with Crippen molar-refractivity contribution in [3.05, 3.63) is 71.0 Å². The minimum absolute atomic E-state index is 0.116. The first-order chi connectivity index (χ1) is 12.8. The molecule has 0 saturated heterocycles. The molecule has 0 bridgehead atoms. The number of rotatable bonds is 8. The van der Waals surface area contributed by atoms with E-state index in [0.717, 1.165) is 5.56 Å². The monoisotopic (exact) mass is 395 g/mol. The van der Waals surface area contributed by atoms with E-state index in [1.165, 1.54) is 25.2 Å². The van der Waals surface area contributed by atoms with Gasteiger partial charge in [0.2, 0.25) is 10.0 Å². The molecule has 4 N–H and O–H groups in total. The van der Waals surface area contributed by atoms with Gasteiger partial charge in [0.1, 0.15) is 5.82 Å². The summed E-state index contributed by atoms with van der Waals surface area (Å²) in [7, 11) is -1.98. The van der Waals surface area contributed by atoms with E-state index < -0.39 is 28.0 Å². The molecule has 0 fully saturated rings. The highest BCUT2D eigenvalue weighted by Gasteiger charge is 2.13. The van der Waals surface area contributed by atoms with E-state index in [-0.39, 0.29) is 24.4 Å². The predicted octanol–water partition coefficient (Wildman–Crippen LogP) is 1.41. The molecule has 0 aliphatic rings. The van der Waals surface area contributed by atoms with Crippen molar-refractivity contribution in [2.24, 2.45) is 0 Å². The second-order valence-corrected chi connectivity index (χ2v) is 7.81. The van der Waals surface area contributed by atoms with E-state index >= 15 is 0 Å². The van der Waals surface area contributed by atoms with Crippen molar-refractivity contribution in [3.8, 4) is 0 Å². The number of urea groups is 1. The lowest BCUT2D eigenvalue weighted by molar-refractivity contribution is 0.169. The Kier molecular flexibility index (Phi) is 7.28. The topological polar surface area (TPSA) is 108 Å². The maximum atomic E-state index is 13.6. The largest absolute Gasteiger partial charge is 0.386 e. The number of carbonyl (C=O) groups excluding carboxylic acids is 1. The zero-order valence-electron chi connectivity index (χ0n) is 14.8. The first kappa shape index (κ1) is 20.8. The van der Waals surface area contributed by atoms with Crippen molar-refractivity contribution >= 4 is 16.1 Å². The van der Waals surface area contributed by atoms with Crippen LogP contribution in [0.2, 0.25) is 0 Å². The number of hydrogen-bond acceptors (Lipinski definition) is 4. The summed E-state index contributed by atoms with van der Waals surface area (Å²) in [6.07, 6.45) is -1.15. The van der Waals surface area contributed by atoms with Crippen molar-refractivity contribution in [1.82, 2.24) is 15.4 Å². The molecular weight excluding hydrogens is 373 g/mol. The zero-order valence-corrected chi connectivity index (χ0v) is 15.6. The summed E-state index contributed by atoms with van der Waals surface area (Å²) in [5, 5.41) is 15.0. The first-order valence-corrected chi connectivity index (χ1v) is 9.89. The molecule has 2 amide bonds. The third kappa shape index (κ3) is 6.63. The first-order valence-electron chi connectivity index (χ1n) is 8.24. The molecule has 1 atom stereocenters. The van der Waals surface area contributed by atoms with E-state index in [9.17, 15) is 22.7 Å². The number of nitrogens with one attached hydrogen (secondary N) is 3. The van der Waals surface area contributed by atoms with Crippen LogP contribution < -0.4 is 15.4 Å². The van der Waals surface area contributed by atoms with Gasteiger partial charge in [0.25, 0.3) is 0 Å². The number of hydrogen-bond donors (Lipinski definition) is 4. The normalized spacial score (nSPS) is 12.4. The summed E-state index contributed by atoms with van der Waals surface area (Å²) in [5.74, 6) is -0.654. The highest BCUT2D eigenvalue weighted by atomic mass is 32.2. The van der Waals surface area contributed by atoms with E-state index in [1.54, 1.807) is 30.3 Å². The van der Waals surface area contributed by atoms with Gasteiger partial charge in [-0.15, -0.1) is 0 Å². The Balaban J connectivity index is 1.79. The SMILES string of the molecule is CNS(=O)(=O)Cc1ccc(CNC(=O)NCC(O)c2ccccc2F)cc1. The third-order valence-electron chi connectivity index (χ3n) is 3.86. The number of aliphatic hydroxyl groups is 1. The molecule has 2 aromatic rings. The van der Waals surface area contributed by atoms with Gasteiger partial charge in [-0.3, -0.25) is 0 Å². The Hall–Kier alpha value is -2.49. The molecule has 0 aliphatic carbocycles. The molecule has 1 unspecified atom stereocenters. The van der Waals surface area contributed by atoms with Gasteiger partial charge in [-0.2, -0.15) is 0 Å². The molecule has 0 aliphatic heterocycles. The van der Waals surface area contributed by atoms with Crippen molar-refractivity contribution in [2.75, 3.05) is 13.6 Å². The summed E-state index contributed by atoms with van der Waals surface area (Å²) in [4.78, 5) is 11.8. The van der Waals surface area contributed by atoms with Crippen LogP contribution in [0.3, 0.4) is 0 Å². The molecule has 0 saturated carbocycles. The molecular formula is C18H22FN3O4S. The fourth-order valence-corrected chi connectivity index (χ4v) is 3.11. The molecule has 9 heteroatoms. The maximum absolute atomic E-state index is 13.6. The summed E-state index contributed by atoms with van der Waals surface area (Å²) >= 11 is 0. The molecule has 0 radical (unpaired) electrons. The lowest BCUT2D eigenvalue weighted by Gasteiger charge is -2.13. The molecule has 7 nitrogen and oxygen atoms in total. The molecule has 0 heterocycles. The standard InChI is InChI=1S/C18H22FN3O4S/c1-20-27(25,26)12-14-8-6-13(7-9-14)10-21-18(24)22-11-17(23)15-4-2-3-5-16(15)19/h2-9,17,20,23H,10-12H2,1H3,(H2,21,22,24). The maximum Gasteiger partial charge on any atom is 0.315 e. The zero-order chi connectivity index (χ0) is 19.9. The Labute approximate surface area is 157 Å². The fraction of sp³-hybridized carbons (Fsp3) is 0.278. The summed E-state index contributed by atoms with van der Waals surface area (Å²) in [6.45, 7) is 0.0915. The molecule has 2 aromatic carbocycles. The highest BCUT2D eigenvalue weighted by Crippen LogP contribution is 2.15. The summed E-state index contributed by atoms with van der Waals surface area (Å²) in [6, 6.07) is 12.1. The number of sulfonamides is 1. The van der Waals surface area contributed by atoms with Crippen LogP contribution in [-0.4, -0.2) is 33.1 Å². The average Bonchev–Trinajstić information content (AvgIpc) is 2.65. The number of carbonyl (C=O) groups is 1. The van der Waals surface area contributed by atoms with Gasteiger partial charge < -0.3 is 15.7 Å². The van der Waals surface area contributed by atoms with Crippen LogP contribution in [0.4, 0.5) is 9.18 Å². The average molecular weight is 395 g/mol. The van der Waals surface area contributed by atoms with Crippen LogP contribution in [0.1, 0.15) is 22.8 Å². The van der Waals surface area contributed by atoms with Crippen LogP contribution in [0.25, 0.3) is 0 Å². The van der Waals surface area contributed by atoms with Gasteiger partial charge in [-0.25, -0.2) is 22.3 Å². The predicted molar refractivity (Wildman–Crippen MR) is 99.7 cm³/mol. The van der Waals surface area contributed by atoms with Crippen LogP contribution in [0.15, 0.2) is 48.5 Å². The minimum Gasteiger partial charge on any atom is -0.386 e. The molecule has 0 aromatic heterocycles. The summed E-state index contributed by atoms with van der Waals surface area (Å²) in [5.41, 5.74) is 1.53. The van der Waals surface area contributed by atoms with Crippen LogP contribution in [0, 0.1) is 5.82 Å². The molecule has 2 rings (SSSR count). The molecule has 27 heavy (non-hydrogen) atoms. The van der Waals surface area contributed by atoms with Crippen molar-refractivity contribution < 1.29 is 22.7 Å². The Morgan fingerprint density at radius 1 is 1.07 bits per heavy atom. The van der Waals surface area contributed by atoms with Gasteiger partial charge in [-0.1, -0.05) is 42.5 Å². The highest BCUT2D eigenvalue weighted by molar-refractivity contribution is 7.88. The van der Waals surface area contributed by atoms with Crippen LogP contribution in [-0.2, 0) is 22.3 Å². The number of aliphatic hydroxyl groups excluding tert-OH is 1. The molecule has 0 spiro atoms. The van der Waals surface area contributed by atoms with Gasteiger partial charge in [0.15, 0.2) is 0 Å². The number of benzene rings is 2. The van der Waals surface area contributed by atoms with Crippen molar-refractivity contribution in [3.63, 3.8) is 0 Å². The summed E-state index contributed by atoms with van der Waals surface area (Å²) < 4.78 is 38.8. The van der Waals surface area contributed by atoms with Crippen molar-refractivity contribution in [1.29, 1.82) is 0 Å². The molecule has 146 valence electrons. The van der Waals surface area contributed by atoms with Crippen LogP contribution >= 0.6 is 0 Å². The van der Waals surface area contributed by atoms with Crippen molar-refractivity contribution in [2.45, 2.75) is 18.4 Å². The lowest BCUT2D eigenvalue weighted by Crippen LogP contribution is -2.37. The van der Waals surface area contributed by atoms with E-state index in [4.69, 9.17) is 0 Å². The third-order valence-corrected chi connectivity index (χ3v) is 5.20. The second kappa shape index (κ2) is 9.45. The Bertz CT molecular complexity index is 872. The number of halogens is 1. The van der Waals surface area contributed by atoms with E-state index in [2.05, 4.69) is 15.4 Å². The Morgan fingerprint density at radius 3 is 2.33 bits per heavy atom. The van der Waals surface area contributed by atoms with Gasteiger partial charge >= 0.3 is 6.03 Å². The van der Waals surface area contributed by atoms with E-state index in [1.807, 2.05) is 0 Å². The lowest BCUT2D eigenvalue weighted by atomic mass is 10.1. The van der Waals surface area contributed by atoms with Crippen LogP contribution in [0.5, 0.6) is 0 Å². The second-order valence-electron chi connectivity index (χ2n) is 5.88. The fourth-order valence-electron chi connectivity index (χ4n) is 2.33. The quantitative estimate of drug-likeness (QED) is 0.542. The minimum atomic E-state index is -3.33. The number of amides is 2. The van der Waals surface area contributed by atoms with Gasteiger partial charge in [0.05, 0.1) is 11.9 Å². The van der Waals surface area contributed by atoms with Gasteiger partial charge in [0, 0.05) is 18.7 Å².